The lowest BCUT2D eigenvalue weighted by Gasteiger charge is -2.30. The van der Waals surface area contributed by atoms with Crippen LogP contribution in [-0.4, -0.2) is 38.7 Å². The topological polar surface area (TPSA) is 51.0 Å². The smallest absolute Gasteiger partial charge is 0.254 e. The molecule has 2 heterocycles. The van der Waals surface area contributed by atoms with Crippen LogP contribution in [0.2, 0.25) is 0 Å². The summed E-state index contributed by atoms with van der Waals surface area (Å²) in [4.78, 5) is 19.2. The van der Waals surface area contributed by atoms with E-state index in [1.54, 1.807) is 11.0 Å². The van der Waals surface area contributed by atoms with Gasteiger partial charge in [-0.05, 0) is 36.3 Å². The quantitative estimate of drug-likeness (QED) is 0.833. The van der Waals surface area contributed by atoms with E-state index in [0.717, 1.165) is 37.1 Å². The van der Waals surface area contributed by atoms with E-state index >= 15 is 0 Å². The van der Waals surface area contributed by atoms with Crippen LogP contribution in [0.3, 0.4) is 0 Å². The molecule has 25 heavy (non-hydrogen) atoms. The van der Waals surface area contributed by atoms with Crippen molar-refractivity contribution in [2.75, 3.05) is 13.1 Å². The molecule has 0 saturated carbocycles. The van der Waals surface area contributed by atoms with Crippen LogP contribution < -0.4 is 0 Å². The summed E-state index contributed by atoms with van der Waals surface area (Å²) in [5.41, 5.74) is 2.20. The monoisotopic (exact) mass is 340 g/mol. The lowest BCUT2D eigenvalue weighted by molar-refractivity contribution is 0.0752. The molecule has 1 aromatic heterocycles. The van der Waals surface area contributed by atoms with Crippen LogP contribution in [0, 0.1) is 5.41 Å². The Balaban J connectivity index is 1.77. The minimum atomic E-state index is 0.152. The van der Waals surface area contributed by atoms with Crippen molar-refractivity contribution in [2.24, 2.45) is 5.41 Å². The summed E-state index contributed by atoms with van der Waals surface area (Å²) < 4.78 is 1.76. The number of nitrogens with zero attached hydrogens (tertiary/aromatic N) is 4. The first-order chi connectivity index (χ1) is 12.2. The van der Waals surface area contributed by atoms with E-state index in [4.69, 9.17) is 0 Å². The van der Waals surface area contributed by atoms with E-state index in [1.165, 1.54) is 25.6 Å². The summed E-state index contributed by atoms with van der Waals surface area (Å²) in [5, 5.41) is 4.16. The number of carbonyl (C=O) groups excluding carboxylic acids is 1. The number of carbonyl (C=O) groups is 1. The molecule has 0 aliphatic carbocycles. The van der Waals surface area contributed by atoms with Gasteiger partial charge in [-0.1, -0.05) is 44.9 Å². The van der Waals surface area contributed by atoms with Crippen LogP contribution in [0.25, 0.3) is 0 Å². The van der Waals surface area contributed by atoms with Crippen molar-refractivity contribution in [3.8, 4) is 0 Å². The van der Waals surface area contributed by atoms with Gasteiger partial charge in [-0.3, -0.25) is 4.79 Å². The summed E-state index contributed by atoms with van der Waals surface area (Å²) in [6, 6.07) is 7.87. The fraction of sp³-hybridized carbons (Fsp3) is 0.550. The van der Waals surface area contributed by atoms with Gasteiger partial charge in [0.25, 0.3) is 5.91 Å². The van der Waals surface area contributed by atoms with Gasteiger partial charge in [0.05, 0.1) is 6.54 Å². The predicted molar refractivity (Wildman–Crippen MR) is 98.3 cm³/mol. The zero-order valence-corrected chi connectivity index (χ0v) is 15.3. The molecule has 134 valence electrons. The van der Waals surface area contributed by atoms with Gasteiger partial charge in [0.15, 0.2) is 0 Å². The molecule has 0 atom stereocenters. The van der Waals surface area contributed by atoms with E-state index in [9.17, 15) is 4.79 Å². The third kappa shape index (κ3) is 3.91. The Morgan fingerprint density at radius 1 is 1.16 bits per heavy atom. The maximum Gasteiger partial charge on any atom is 0.254 e. The largest absolute Gasteiger partial charge is 0.339 e. The normalized spacial score (nSPS) is 17.3. The molecule has 0 spiro atoms. The SMILES string of the molecule is CCC1(CC)CCCN(C(=O)c2ccccc2Cn2cncn2)CC1. The average molecular weight is 340 g/mol. The Hall–Kier alpha value is -2.17. The lowest BCUT2D eigenvalue weighted by atomic mass is 9.76. The maximum atomic E-state index is 13.2. The van der Waals surface area contributed by atoms with Crippen molar-refractivity contribution >= 4 is 5.91 Å². The van der Waals surface area contributed by atoms with E-state index < -0.39 is 0 Å². The summed E-state index contributed by atoms with van der Waals surface area (Å²) in [6.07, 6.45) is 9.04. The number of rotatable bonds is 5. The van der Waals surface area contributed by atoms with Crippen molar-refractivity contribution in [3.05, 3.63) is 48.0 Å². The molecule has 5 heteroatoms. The zero-order valence-electron chi connectivity index (χ0n) is 15.3. The molecular formula is C20H28N4O. The fourth-order valence-electron chi connectivity index (χ4n) is 3.94. The first-order valence-electron chi connectivity index (χ1n) is 9.37. The Bertz CT molecular complexity index is 691. The van der Waals surface area contributed by atoms with Gasteiger partial charge in [-0.15, -0.1) is 0 Å². The Labute approximate surface area is 150 Å². The molecule has 1 aliphatic heterocycles. The van der Waals surface area contributed by atoms with Crippen LogP contribution in [0.15, 0.2) is 36.9 Å². The van der Waals surface area contributed by atoms with Crippen LogP contribution in [0.5, 0.6) is 0 Å². The Kier molecular flexibility index (Phi) is 5.51. The molecule has 2 aromatic rings. The highest BCUT2D eigenvalue weighted by Gasteiger charge is 2.31. The predicted octanol–water partition coefficient (Wildman–Crippen LogP) is 3.76. The van der Waals surface area contributed by atoms with E-state index in [2.05, 4.69) is 23.9 Å². The van der Waals surface area contributed by atoms with Gasteiger partial charge in [-0.2, -0.15) is 5.10 Å². The number of benzene rings is 1. The molecular weight excluding hydrogens is 312 g/mol. The van der Waals surface area contributed by atoms with E-state index in [0.29, 0.717) is 12.0 Å². The molecule has 1 amide bonds. The molecule has 1 aromatic carbocycles. The second-order valence-electron chi connectivity index (χ2n) is 7.10. The Morgan fingerprint density at radius 2 is 1.96 bits per heavy atom. The van der Waals surface area contributed by atoms with Gasteiger partial charge in [-0.25, -0.2) is 9.67 Å². The highest BCUT2D eigenvalue weighted by Crippen LogP contribution is 2.38. The fourth-order valence-corrected chi connectivity index (χ4v) is 3.94. The number of hydrogen-bond donors (Lipinski definition) is 0. The van der Waals surface area contributed by atoms with Crippen molar-refractivity contribution in [2.45, 2.75) is 52.5 Å². The third-order valence-electron chi connectivity index (χ3n) is 5.88. The first-order valence-corrected chi connectivity index (χ1v) is 9.37. The molecule has 1 aliphatic rings. The summed E-state index contributed by atoms with van der Waals surface area (Å²) in [7, 11) is 0. The van der Waals surface area contributed by atoms with E-state index in [1.807, 2.05) is 29.2 Å². The number of likely N-dealkylation sites (tertiary alicyclic amines) is 1. The zero-order chi connectivity index (χ0) is 17.7. The van der Waals surface area contributed by atoms with Crippen LogP contribution in [-0.2, 0) is 6.54 Å². The molecule has 1 fully saturated rings. The van der Waals surface area contributed by atoms with Crippen LogP contribution >= 0.6 is 0 Å². The average Bonchev–Trinajstić information content (AvgIpc) is 3.06. The molecule has 0 unspecified atom stereocenters. The van der Waals surface area contributed by atoms with Crippen molar-refractivity contribution in [3.63, 3.8) is 0 Å². The molecule has 5 nitrogen and oxygen atoms in total. The molecule has 3 rings (SSSR count). The minimum absolute atomic E-state index is 0.152. The van der Waals surface area contributed by atoms with Gasteiger partial charge in [0, 0.05) is 18.7 Å². The number of hydrogen-bond acceptors (Lipinski definition) is 3. The summed E-state index contributed by atoms with van der Waals surface area (Å²) >= 11 is 0. The minimum Gasteiger partial charge on any atom is -0.339 e. The highest BCUT2D eigenvalue weighted by molar-refractivity contribution is 5.95. The van der Waals surface area contributed by atoms with Crippen molar-refractivity contribution in [1.82, 2.24) is 19.7 Å². The third-order valence-corrected chi connectivity index (χ3v) is 5.88. The Morgan fingerprint density at radius 3 is 2.68 bits per heavy atom. The lowest BCUT2D eigenvalue weighted by Crippen LogP contribution is -2.33. The molecule has 1 saturated heterocycles. The van der Waals surface area contributed by atoms with Gasteiger partial charge in [0.2, 0.25) is 0 Å². The molecule has 0 bridgehead atoms. The number of amides is 1. The maximum absolute atomic E-state index is 13.2. The van der Waals surface area contributed by atoms with Gasteiger partial charge in [0.1, 0.15) is 12.7 Å². The summed E-state index contributed by atoms with van der Waals surface area (Å²) in [5.74, 6) is 0.152. The van der Waals surface area contributed by atoms with Gasteiger partial charge >= 0.3 is 0 Å². The number of aromatic nitrogens is 3. The first kappa shape index (κ1) is 17.6. The second-order valence-corrected chi connectivity index (χ2v) is 7.10. The second kappa shape index (κ2) is 7.81. The van der Waals surface area contributed by atoms with Crippen LogP contribution in [0.4, 0.5) is 0 Å². The van der Waals surface area contributed by atoms with E-state index in [-0.39, 0.29) is 5.91 Å². The highest BCUT2D eigenvalue weighted by atomic mass is 16.2. The van der Waals surface area contributed by atoms with Crippen molar-refractivity contribution in [1.29, 1.82) is 0 Å². The molecule has 0 radical (unpaired) electrons. The van der Waals surface area contributed by atoms with Crippen molar-refractivity contribution < 1.29 is 4.79 Å². The molecule has 0 N–H and O–H groups in total. The van der Waals surface area contributed by atoms with Gasteiger partial charge < -0.3 is 4.90 Å². The standard InChI is InChI=1S/C20H28N4O/c1-3-20(4-2)10-7-12-23(13-11-20)19(25)18-9-6-5-8-17(18)14-24-16-21-15-22-24/h5-6,8-9,15-16H,3-4,7,10-14H2,1-2H3. The summed E-state index contributed by atoms with van der Waals surface area (Å²) in [6.45, 7) is 6.86. The van der Waals surface area contributed by atoms with Crippen LogP contribution in [0.1, 0.15) is 61.9 Å².